The SMILES string of the molecule is CC1=C(Cl)C([N+](=O)[O-])=CC=CC1(C)C. The van der Waals surface area contributed by atoms with Crippen molar-refractivity contribution in [3.8, 4) is 0 Å². The highest BCUT2D eigenvalue weighted by atomic mass is 35.5. The van der Waals surface area contributed by atoms with E-state index >= 15 is 0 Å². The lowest BCUT2D eigenvalue weighted by molar-refractivity contribution is -0.419. The van der Waals surface area contributed by atoms with Gasteiger partial charge < -0.3 is 0 Å². The fraction of sp³-hybridized carbons (Fsp3) is 0.400. The number of allylic oxidation sites excluding steroid dienone is 5. The standard InChI is InChI=1S/C10H12ClNO2/c1-7-9(11)8(12(13)14)5-4-6-10(7,2)3/h4-6H,1-3H3. The second-order valence-corrected chi connectivity index (χ2v) is 4.21. The van der Waals surface area contributed by atoms with Crippen LogP contribution in [0.2, 0.25) is 0 Å². The van der Waals surface area contributed by atoms with E-state index in [0.29, 0.717) is 0 Å². The molecular formula is C10H12ClNO2. The average molecular weight is 214 g/mol. The van der Waals surface area contributed by atoms with E-state index in [2.05, 4.69) is 0 Å². The Balaban J connectivity index is 3.30. The lowest BCUT2D eigenvalue weighted by Gasteiger charge is -2.20. The molecule has 76 valence electrons. The minimum absolute atomic E-state index is 0.0361. The monoisotopic (exact) mass is 213 g/mol. The summed E-state index contributed by atoms with van der Waals surface area (Å²) in [6, 6.07) is 0. The zero-order valence-corrected chi connectivity index (χ0v) is 9.13. The molecule has 0 spiro atoms. The largest absolute Gasteiger partial charge is 0.287 e. The van der Waals surface area contributed by atoms with Crippen molar-refractivity contribution < 1.29 is 4.92 Å². The van der Waals surface area contributed by atoms with Crippen LogP contribution in [0.4, 0.5) is 0 Å². The summed E-state index contributed by atoms with van der Waals surface area (Å²) in [5.41, 5.74) is 0.549. The van der Waals surface area contributed by atoms with Crippen molar-refractivity contribution in [1.82, 2.24) is 0 Å². The third kappa shape index (κ3) is 1.87. The van der Waals surface area contributed by atoms with Crippen LogP contribution in [0.5, 0.6) is 0 Å². The van der Waals surface area contributed by atoms with Crippen molar-refractivity contribution >= 4 is 11.6 Å². The molecular weight excluding hydrogens is 202 g/mol. The Kier molecular flexibility index (Phi) is 2.81. The van der Waals surface area contributed by atoms with Gasteiger partial charge in [-0.1, -0.05) is 37.6 Å². The van der Waals surface area contributed by atoms with Crippen LogP contribution in [0.25, 0.3) is 0 Å². The first-order chi connectivity index (χ1) is 6.36. The molecule has 0 aliphatic heterocycles. The molecule has 0 heterocycles. The first kappa shape index (κ1) is 11.0. The maximum absolute atomic E-state index is 10.7. The Bertz CT molecular complexity index is 364. The summed E-state index contributed by atoms with van der Waals surface area (Å²) in [7, 11) is 0. The molecule has 0 unspecified atom stereocenters. The maximum atomic E-state index is 10.7. The van der Waals surface area contributed by atoms with Crippen LogP contribution < -0.4 is 0 Å². The van der Waals surface area contributed by atoms with Gasteiger partial charge in [0.1, 0.15) is 5.03 Å². The van der Waals surface area contributed by atoms with Gasteiger partial charge in [0, 0.05) is 11.5 Å². The zero-order chi connectivity index (χ0) is 10.9. The quantitative estimate of drug-likeness (QED) is 0.496. The number of hydrogen-bond donors (Lipinski definition) is 0. The fourth-order valence-corrected chi connectivity index (χ4v) is 1.57. The highest BCUT2D eigenvalue weighted by Gasteiger charge is 2.27. The molecule has 0 fully saturated rings. The molecule has 0 aromatic rings. The van der Waals surface area contributed by atoms with E-state index in [9.17, 15) is 10.1 Å². The van der Waals surface area contributed by atoms with Crippen molar-refractivity contribution in [2.45, 2.75) is 20.8 Å². The molecule has 1 rings (SSSR count). The number of halogens is 1. The van der Waals surface area contributed by atoms with Crippen LogP contribution in [0.1, 0.15) is 20.8 Å². The molecule has 0 N–H and O–H groups in total. The number of nitrogens with zero attached hydrogens (tertiary/aromatic N) is 1. The van der Waals surface area contributed by atoms with E-state index in [4.69, 9.17) is 11.6 Å². The third-order valence-electron chi connectivity index (χ3n) is 2.48. The Morgan fingerprint density at radius 3 is 2.57 bits per heavy atom. The Hall–Kier alpha value is -1.09. The highest BCUT2D eigenvalue weighted by molar-refractivity contribution is 6.32. The Morgan fingerprint density at radius 2 is 2.07 bits per heavy atom. The van der Waals surface area contributed by atoms with Crippen molar-refractivity contribution in [2.24, 2.45) is 5.41 Å². The predicted molar refractivity (Wildman–Crippen MR) is 56.6 cm³/mol. The van der Waals surface area contributed by atoms with Gasteiger partial charge in [-0.3, -0.25) is 10.1 Å². The van der Waals surface area contributed by atoms with Crippen molar-refractivity contribution in [3.63, 3.8) is 0 Å². The van der Waals surface area contributed by atoms with Crippen LogP contribution in [0, 0.1) is 15.5 Å². The lowest BCUT2D eigenvalue weighted by Crippen LogP contribution is -2.11. The Labute approximate surface area is 87.9 Å². The second kappa shape index (κ2) is 3.58. The molecule has 1 aliphatic rings. The third-order valence-corrected chi connectivity index (χ3v) is 2.96. The minimum Gasteiger partial charge on any atom is -0.258 e. The van der Waals surface area contributed by atoms with Crippen LogP contribution in [0.3, 0.4) is 0 Å². The van der Waals surface area contributed by atoms with Crippen molar-refractivity contribution in [3.05, 3.63) is 44.6 Å². The molecule has 14 heavy (non-hydrogen) atoms. The molecule has 0 saturated carbocycles. The average Bonchev–Trinajstić information content (AvgIpc) is 2.17. The molecule has 0 saturated heterocycles. The molecule has 0 atom stereocenters. The van der Waals surface area contributed by atoms with E-state index in [1.54, 1.807) is 6.08 Å². The van der Waals surface area contributed by atoms with Gasteiger partial charge in [-0.2, -0.15) is 0 Å². The molecule has 1 aliphatic carbocycles. The van der Waals surface area contributed by atoms with E-state index in [1.807, 2.05) is 26.8 Å². The van der Waals surface area contributed by atoms with Gasteiger partial charge in [-0.15, -0.1) is 0 Å². The van der Waals surface area contributed by atoms with E-state index in [1.165, 1.54) is 6.08 Å². The molecule has 3 nitrogen and oxygen atoms in total. The van der Waals surface area contributed by atoms with Gasteiger partial charge in [0.25, 0.3) is 5.70 Å². The molecule has 0 aromatic heterocycles. The lowest BCUT2D eigenvalue weighted by atomic mass is 9.85. The predicted octanol–water partition coefficient (Wildman–Crippen LogP) is 3.26. The van der Waals surface area contributed by atoms with Gasteiger partial charge in [-0.25, -0.2) is 0 Å². The summed E-state index contributed by atoms with van der Waals surface area (Å²) in [5.74, 6) is 0. The molecule has 0 radical (unpaired) electrons. The van der Waals surface area contributed by atoms with Gasteiger partial charge in [0.05, 0.1) is 4.92 Å². The number of nitro groups is 1. The van der Waals surface area contributed by atoms with Gasteiger partial charge >= 0.3 is 0 Å². The molecule has 0 amide bonds. The number of hydrogen-bond acceptors (Lipinski definition) is 2. The first-order valence-electron chi connectivity index (χ1n) is 4.27. The van der Waals surface area contributed by atoms with E-state index < -0.39 is 4.92 Å². The summed E-state index contributed by atoms with van der Waals surface area (Å²) >= 11 is 5.95. The summed E-state index contributed by atoms with van der Waals surface area (Å²) < 4.78 is 0. The first-order valence-corrected chi connectivity index (χ1v) is 4.65. The molecule has 4 heteroatoms. The van der Waals surface area contributed by atoms with Gasteiger partial charge in [0.2, 0.25) is 0 Å². The minimum atomic E-state index is -0.461. The molecule has 0 aromatic carbocycles. The summed E-state index contributed by atoms with van der Waals surface area (Å²) in [6.45, 7) is 5.76. The smallest absolute Gasteiger partial charge is 0.258 e. The van der Waals surface area contributed by atoms with Gasteiger partial charge in [-0.05, 0) is 12.5 Å². The Morgan fingerprint density at radius 1 is 1.50 bits per heavy atom. The summed E-state index contributed by atoms with van der Waals surface area (Å²) in [4.78, 5) is 10.2. The summed E-state index contributed by atoms with van der Waals surface area (Å²) in [6.07, 6.45) is 5.01. The van der Waals surface area contributed by atoms with E-state index in [-0.39, 0.29) is 16.1 Å². The van der Waals surface area contributed by atoms with Crippen LogP contribution in [0.15, 0.2) is 34.5 Å². The fourth-order valence-electron chi connectivity index (χ4n) is 1.19. The number of rotatable bonds is 1. The van der Waals surface area contributed by atoms with Crippen LogP contribution >= 0.6 is 11.6 Å². The normalized spacial score (nSPS) is 20.4. The van der Waals surface area contributed by atoms with E-state index in [0.717, 1.165) is 5.57 Å². The molecule has 0 bridgehead atoms. The van der Waals surface area contributed by atoms with Crippen molar-refractivity contribution in [1.29, 1.82) is 0 Å². The highest BCUT2D eigenvalue weighted by Crippen LogP contribution is 2.36. The second-order valence-electron chi connectivity index (χ2n) is 3.83. The van der Waals surface area contributed by atoms with Crippen LogP contribution in [-0.4, -0.2) is 4.92 Å². The van der Waals surface area contributed by atoms with Gasteiger partial charge in [0.15, 0.2) is 0 Å². The topological polar surface area (TPSA) is 43.1 Å². The zero-order valence-electron chi connectivity index (χ0n) is 8.37. The van der Waals surface area contributed by atoms with Crippen LogP contribution in [-0.2, 0) is 0 Å². The maximum Gasteiger partial charge on any atom is 0.287 e. The van der Waals surface area contributed by atoms with Crippen molar-refractivity contribution in [2.75, 3.05) is 0 Å². The summed E-state index contributed by atoms with van der Waals surface area (Å²) in [5, 5.41) is 10.9.